The Hall–Kier alpha value is -0.640. The summed E-state index contributed by atoms with van der Waals surface area (Å²) in [6.45, 7) is 0.455. The highest BCUT2D eigenvalue weighted by Gasteiger charge is 2.11. The van der Waals surface area contributed by atoms with Crippen LogP contribution < -0.4 is 10.5 Å². The molecule has 0 aromatic heterocycles. The molecule has 4 nitrogen and oxygen atoms in total. The molecule has 0 aliphatic rings. The molecule has 0 spiro atoms. The van der Waals surface area contributed by atoms with Crippen molar-refractivity contribution in [1.29, 1.82) is 0 Å². The molecular formula is C9H15N2O2PS. The monoisotopic (exact) mass is 246 g/mol. The summed E-state index contributed by atoms with van der Waals surface area (Å²) in [5.74, 6) is 0. The maximum Gasteiger partial charge on any atom is 0.240 e. The molecule has 3 N–H and O–H groups in total. The molecule has 0 heterocycles. The summed E-state index contributed by atoms with van der Waals surface area (Å²) in [5, 5.41) is 0. The molecule has 6 heteroatoms. The molecular weight excluding hydrogens is 231 g/mol. The molecule has 1 aromatic rings. The molecule has 1 atom stereocenters. The molecule has 1 aromatic carbocycles. The maximum atomic E-state index is 11.7. The van der Waals surface area contributed by atoms with E-state index in [0.717, 1.165) is 12.6 Å². The summed E-state index contributed by atoms with van der Waals surface area (Å²) in [4.78, 5) is 0.250. The van der Waals surface area contributed by atoms with Crippen LogP contribution in [0.25, 0.3) is 0 Å². The van der Waals surface area contributed by atoms with Crippen LogP contribution in [0.3, 0.4) is 0 Å². The van der Waals surface area contributed by atoms with E-state index in [2.05, 4.69) is 14.0 Å². The average Bonchev–Trinajstić information content (AvgIpc) is 2.18. The average molecular weight is 246 g/mol. The molecule has 0 saturated heterocycles. The van der Waals surface area contributed by atoms with Crippen LogP contribution in [0.15, 0.2) is 29.2 Å². The van der Waals surface area contributed by atoms with E-state index < -0.39 is 10.0 Å². The zero-order valence-corrected chi connectivity index (χ0v) is 10.3. The summed E-state index contributed by atoms with van der Waals surface area (Å²) >= 11 is 0. The molecule has 0 fully saturated rings. The molecule has 0 amide bonds. The van der Waals surface area contributed by atoms with Crippen molar-refractivity contribution in [1.82, 2.24) is 4.72 Å². The van der Waals surface area contributed by atoms with Gasteiger partial charge in [0, 0.05) is 12.2 Å². The summed E-state index contributed by atoms with van der Waals surface area (Å²) in [5.41, 5.74) is 6.03. The Kier molecular flexibility index (Phi) is 4.51. The van der Waals surface area contributed by atoms with Gasteiger partial charge in [-0.2, -0.15) is 0 Å². The van der Waals surface area contributed by atoms with E-state index in [0.29, 0.717) is 12.2 Å². The SMILES string of the molecule is Nc1ccc(S(=O)(=O)NCCCP)cc1. The number of nitrogens with one attached hydrogen (secondary N) is 1. The smallest absolute Gasteiger partial charge is 0.240 e. The third kappa shape index (κ3) is 3.78. The minimum atomic E-state index is -3.36. The first-order valence-electron chi connectivity index (χ1n) is 4.61. The standard InChI is InChI=1S/C9H15N2O2PS/c10-8-2-4-9(5-3-8)15(12,13)11-6-1-7-14/h2-5,11H,1,6-7,10,14H2. The quantitative estimate of drug-likeness (QED) is 0.459. The first kappa shape index (κ1) is 12.4. The van der Waals surface area contributed by atoms with Crippen molar-refractivity contribution in [2.45, 2.75) is 11.3 Å². The van der Waals surface area contributed by atoms with Gasteiger partial charge in [0.25, 0.3) is 0 Å². The predicted molar refractivity (Wildman–Crippen MR) is 65.2 cm³/mol. The van der Waals surface area contributed by atoms with Gasteiger partial charge in [0.1, 0.15) is 0 Å². The van der Waals surface area contributed by atoms with Gasteiger partial charge in [-0.3, -0.25) is 0 Å². The van der Waals surface area contributed by atoms with E-state index in [1.807, 2.05) is 0 Å². The highest BCUT2D eigenvalue weighted by molar-refractivity contribution is 7.89. The van der Waals surface area contributed by atoms with Crippen molar-refractivity contribution < 1.29 is 8.42 Å². The van der Waals surface area contributed by atoms with Crippen LogP contribution in [0, 0.1) is 0 Å². The molecule has 0 saturated carbocycles. The number of hydrogen-bond acceptors (Lipinski definition) is 3. The molecule has 84 valence electrons. The number of nitrogen functional groups attached to an aromatic ring is 1. The van der Waals surface area contributed by atoms with Gasteiger partial charge in [-0.25, -0.2) is 13.1 Å². The fourth-order valence-electron chi connectivity index (χ4n) is 1.04. The van der Waals surface area contributed by atoms with Gasteiger partial charge in [0.05, 0.1) is 4.90 Å². The highest BCUT2D eigenvalue weighted by atomic mass is 32.2. The van der Waals surface area contributed by atoms with Crippen LogP contribution in [-0.2, 0) is 10.0 Å². The number of nitrogens with two attached hydrogens (primary N) is 1. The summed E-state index contributed by atoms with van der Waals surface area (Å²) in [6, 6.07) is 6.14. The fourth-order valence-corrected chi connectivity index (χ4v) is 2.32. The van der Waals surface area contributed by atoms with Crippen LogP contribution in [0.5, 0.6) is 0 Å². The van der Waals surface area contributed by atoms with Gasteiger partial charge in [0.15, 0.2) is 0 Å². The summed E-state index contributed by atoms with van der Waals surface area (Å²) in [7, 11) is -0.810. The minimum Gasteiger partial charge on any atom is -0.399 e. The van der Waals surface area contributed by atoms with Crippen LogP contribution in [0.2, 0.25) is 0 Å². The largest absolute Gasteiger partial charge is 0.399 e. The fraction of sp³-hybridized carbons (Fsp3) is 0.333. The minimum absolute atomic E-state index is 0.250. The van der Waals surface area contributed by atoms with E-state index in [1.165, 1.54) is 12.1 Å². The van der Waals surface area contributed by atoms with E-state index in [9.17, 15) is 8.42 Å². The Morgan fingerprint density at radius 2 is 1.87 bits per heavy atom. The molecule has 0 radical (unpaired) electrons. The lowest BCUT2D eigenvalue weighted by Gasteiger charge is -2.05. The second-order valence-corrected chi connectivity index (χ2v) is 5.45. The first-order valence-corrected chi connectivity index (χ1v) is 6.91. The van der Waals surface area contributed by atoms with Crippen molar-refractivity contribution in [3.05, 3.63) is 24.3 Å². The molecule has 1 unspecified atom stereocenters. The number of hydrogen-bond donors (Lipinski definition) is 2. The Bertz CT molecular complexity index is 403. The Morgan fingerprint density at radius 3 is 2.40 bits per heavy atom. The lowest BCUT2D eigenvalue weighted by molar-refractivity contribution is 0.581. The van der Waals surface area contributed by atoms with E-state index in [4.69, 9.17) is 5.73 Å². The molecule has 0 aliphatic carbocycles. The van der Waals surface area contributed by atoms with Gasteiger partial charge in [-0.15, -0.1) is 9.24 Å². The number of benzene rings is 1. The third-order valence-electron chi connectivity index (χ3n) is 1.86. The van der Waals surface area contributed by atoms with E-state index in [-0.39, 0.29) is 4.90 Å². The van der Waals surface area contributed by atoms with Crippen LogP contribution in [-0.4, -0.2) is 21.1 Å². The zero-order valence-electron chi connectivity index (χ0n) is 8.31. The van der Waals surface area contributed by atoms with Crippen molar-refractivity contribution in [3.8, 4) is 0 Å². The Labute approximate surface area is 92.5 Å². The van der Waals surface area contributed by atoms with Gasteiger partial charge in [-0.1, -0.05) is 0 Å². The Balaban J connectivity index is 2.73. The summed E-state index contributed by atoms with van der Waals surface area (Å²) < 4.78 is 25.8. The molecule has 15 heavy (non-hydrogen) atoms. The third-order valence-corrected chi connectivity index (χ3v) is 3.75. The van der Waals surface area contributed by atoms with E-state index in [1.54, 1.807) is 12.1 Å². The van der Waals surface area contributed by atoms with Gasteiger partial charge in [-0.05, 0) is 36.8 Å². The Morgan fingerprint density at radius 1 is 1.27 bits per heavy atom. The lowest BCUT2D eigenvalue weighted by atomic mass is 10.3. The molecule has 0 aliphatic heterocycles. The summed E-state index contributed by atoms with van der Waals surface area (Å²) in [6.07, 6.45) is 1.68. The number of anilines is 1. The predicted octanol–water partition coefficient (Wildman–Crippen LogP) is 0.812. The van der Waals surface area contributed by atoms with Crippen molar-refractivity contribution >= 4 is 25.0 Å². The van der Waals surface area contributed by atoms with Crippen LogP contribution >= 0.6 is 9.24 Å². The van der Waals surface area contributed by atoms with Gasteiger partial charge >= 0.3 is 0 Å². The van der Waals surface area contributed by atoms with Gasteiger partial charge in [0.2, 0.25) is 10.0 Å². The number of sulfonamides is 1. The molecule has 1 rings (SSSR count). The van der Waals surface area contributed by atoms with Crippen molar-refractivity contribution in [2.75, 3.05) is 18.4 Å². The molecule has 0 bridgehead atoms. The van der Waals surface area contributed by atoms with Crippen LogP contribution in [0.1, 0.15) is 6.42 Å². The van der Waals surface area contributed by atoms with E-state index >= 15 is 0 Å². The number of rotatable bonds is 5. The first-order chi connectivity index (χ1) is 7.06. The topological polar surface area (TPSA) is 72.2 Å². The second kappa shape index (κ2) is 5.45. The lowest BCUT2D eigenvalue weighted by Crippen LogP contribution is -2.24. The zero-order chi connectivity index (χ0) is 11.3. The highest BCUT2D eigenvalue weighted by Crippen LogP contribution is 2.11. The van der Waals surface area contributed by atoms with Crippen LogP contribution in [0.4, 0.5) is 5.69 Å². The van der Waals surface area contributed by atoms with Gasteiger partial charge < -0.3 is 5.73 Å². The maximum absolute atomic E-state index is 11.7. The second-order valence-electron chi connectivity index (χ2n) is 3.11. The van der Waals surface area contributed by atoms with Crippen molar-refractivity contribution in [2.24, 2.45) is 0 Å². The van der Waals surface area contributed by atoms with Crippen molar-refractivity contribution in [3.63, 3.8) is 0 Å². The normalized spacial score (nSPS) is 11.5.